The van der Waals surface area contributed by atoms with Crippen molar-refractivity contribution >= 4 is 0 Å². The van der Waals surface area contributed by atoms with Gasteiger partial charge in [0.05, 0.1) is 6.61 Å². The van der Waals surface area contributed by atoms with Crippen LogP contribution in [0.4, 0.5) is 0 Å². The van der Waals surface area contributed by atoms with Crippen molar-refractivity contribution < 1.29 is 4.74 Å². The van der Waals surface area contributed by atoms with Crippen molar-refractivity contribution in [3.63, 3.8) is 0 Å². The van der Waals surface area contributed by atoms with Gasteiger partial charge in [0.15, 0.2) is 0 Å². The van der Waals surface area contributed by atoms with Gasteiger partial charge in [-0.05, 0) is 31.0 Å². The number of hydrogen-bond acceptors (Lipinski definition) is 1. The lowest BCUT2D eigenvalue weighted by molar-refractivity contribution is 0.340. The molecule has 0 aliphatic carbocycles. The van der Waals surface area contributed by atoms with Gasteiger partial charge in [-0.3, -0.25) is 0 Å². The van der Waals surface area contributed by atoms with Gasteiger partial charge in [-0.25, -0.2) is 0 Å². The molecular weight excluding hydrogens is 160 g/mol. The first-order valence-electron chi connectivity index (χ1n) is 4.52. The molecule has 1 heteroatoms. The molecule has 0 fully saturated rings. The highest BCUT2D eigenvalue weighted by atomic mass is 16.5. The third kappa shape index (κ3) is 3.21. The Hall–Kier alpha value is -1.42. The summed E-state index contributed by atoms with van der Waals surface area (Å²) < 4.78 is 5.37. The van der Waals surface area contributed by atoms with Gasteiger partial charge in [-0.2, -0.15) is 0 Å². The zero-order valence-corrected chi connectivity index (χ0v) is 7.92. The van der Waals surface area contributed by atoms with E-state index in [9.17, 15) is 0 Å². The van der Waals surface area contributed by atoms with Gasteiger partial charge < -0.3 is 4.74 Å². The van der Waals surface area contributed by atoms with Crippen LogP contribution in [0.1, 0.15) is 18.9 Å². The van der Waals surface area contributed by atoms with Gasteiger partial charge in [0, 0.05) is 6.42 Å². The second-order valence-electron chi connectivity index (χ2n) is 2.78. The molecule has 0 atom stereocenters. The molecule has 0 N–H and O–H groups in total. The smallest absolute Gasteiger partial charge is 0.119 e. The normalized spacial score (nSPS) is 9.23. The van der Waals surface area contributed by atoms with Crippen LogP contribution < -0.4 is 4.74 Å². The van der Waals surface area contributed by atoms with Crippen molar-refractivity contribution in [1.82, 2.24) is 0 Å². The highest BCUT2D eigenvalue weighted by Gasteiger charge is 1.94. The summed E-state index contributed by atoms with van der Waals surface area (Å²) in [6.07, 6.45) is 6.91. The van der Waals surface area contributed by atoms with Crippen LogP contribution in [0.15, 0.2) is 24.3 Å². The van der Waals surface area contributed by atoms with Crippen molar-refractivity contribution in [3.05, 3.63) is 29.8 Å². The van der Waals surface area contributed by atoms with Gasteiger partial charge in [0.25, 0.3) is 0 Å². The number of rotatable bonds is 4. The Balaban J connectivity index is 2.63. The summed E-state index contributed by atoms with van der Waals surface area (Å²) in [4.78, 5) is 0. The van der Waals surface area contributed by atoms with Gasteiger partial charge >= 0.3 is 0 Å². The topological polar surface area (TPSA) is 9.23 Å². The molecule has 68 valence electrons. The molecule has 0 radical (unpaired) electrons. The Labute approximate surface area is 79.7 Å². The van der Waals surface area contributed by atoms with Crippen molar-refractivity contribution in [2.75, 3.05) is 6.61 Å². The molecule has 0 aromatic heterocycles. The van der Waals surface area contributed by atoms with Gasteiger partial charge in [-0.1, -0.05) is 12.1 Å². The van der Waals surface area contributed by atoms with Crippen LogP contribution in [0.25, 0.3) is 0 Å². The van der Waals surface area contributed by atoms with Gasteiger partial charge in [0.1, 0.15) is 5.75 Å². The van der Waals surface area contributed by atoms with E-state index in [0.717, 1.165) is 18.6 Å². The maximum Gasteiger partial charge on any atom is 0.119 e. The van der Waals surface area contributed by atoms with E-state index in [1.165, 1.54) is 5.56 Å². The quantitative estimate of drug-likeness (QED) is 0.638. The Morgan fingerprint density at radius 2 is 2.31 bits per heavy atom. The predicted octanol–water partition coefficient (Wildman–Crippen LogP) is 2.65. The van der Waals surface area contributed by atoms with Crippen molar-refractivity contribution in [3.8, 4) is 18.1 Å². The molecule has 1 aromatic rings. The van der Waals surface area contributed by atoms with E-state index in [-0.39, 0.29) is 0 Å². The fraction of sp³-hybridized carbons (Fsp3) is 0.333. The number of terminal acetylenes is 1. The molecule has 0 amide bonds. The van der Waals surface area contributed by atoms with E-state index < -0.39 is 0 Å². The lowest BCUT2D eigenvalue weighted by Gasteiger charge is -2.04. The molecule has 1 aromatic carbocycles. The summed E-state index contributed by atoms with van der Waals surface area (Å²) in [5.41, 5.74) is 1.24. The largest absolute Gasteiger partial charge is 0.494 e. The molecule has 0 heterocycles. The zero-order chi connectivity index (χ0) is 9.52. The third-order valence-corrected chi connectivity index (χ3v) is 1.77. The summed E-state index contributed by atoms with van der Waals surface area (Å²) >= 11 is 0. The van der Waals surface area contributed by atoms with E-state index in [2.05, 4.69) is 12.0 Å². The molecule has 0 saturated heterocycles. The minimum Gasteiger partial charge on any atom is -0.494 e. The second kappa shape index (κ2) is 5.27. The van der Waals surface area contributed by atoms with Crippen LogP contribution in [0.2, 0.25) is 0 Å². The predicted molar refractivity (Wildman–Crippen MR) is 54.8 cm³/mol. The first-order chi connectivity index (χ1) is 6.36. The second-order valence-corrected chi connectivity index (χ2v) is 2.78. The highest BCUT2D eigenvalue weighted by Crippen LogP contribution is 2.14. The average Bonchev–Trinajstić information content (AvgIpc) is 2.16. The van der Waals surface area contributed by atoms with E-state index >= 15 is 0 Å². The number of aryl methyl sites for hydroxylation is 1. The molecule has 1 nitrogen and oxygen atoms in total. The average molecular weight is 174 g/mol. The maximum atomic E-state index is 5.37. The Morgan fingerprint density at radius 3 is 3.00 bits per heavy atom. The molecule has 0 bridgehead atoms. The molecule has 0 spiro atoms. The summed E-state index contributed by atoms with van der Waals surface area (Å²) in [7, 11) is 0. The van der Waals surface area contributed by atoms with Crippen molar-refractivity contribution in [2.45, 2.75) is 19.8 Å². The molecule has 0 aliphatic rings. The lowest BCUT2D eigenvalue weighted by Crippen LogP contribution is -1.92. The fourth-order valence-electron chi connectivity index (χ4n) is 1.17. The van der Waals surface area contributed by atoms with E-state index in [1.54, 1.807) is 0 Å². The highest BCUT2D eigenvalue weighted by molar-refractivity contribution is 5.28. The molecular formula is C12H14O. The van der Waals surface area contributed by atoms with Crippen LogP contribution in [0, 0.1) is 12.3 Å². The zero-order valence-electron chi connectivity index (χ0n) is 7.92. The van der Waals surface area contributed by atoms with Gasteiger partial charge in [0.2, 0.25) is 0 Å². The maximum absolute atomic E-state index is 5.37. The first kappa shape index (κ1) is 9.67. The minimum atomic E-state index is 0.707. The SMILES string of the molecule is C#CCCc1cccc(OCC)c1. The number of benzene rings is 1. The Kier molecular flexibility index (Phi) is 3.92. The summed E-state index contributed by atoms with van der Waals surface area (Å²) in [5, 5.41) is 0. The van der Waals surface area contributed by atoms with Crippen molar-refractivity contribution in [2.24, 2.45) is 0 Å². The molecule has 0 unspecified atom stereocenters. The fourth-order valence-corrected chi connectivity index (χ4v) is 1.17. The minimum absolute atomic E-state index is 0.707. The van der Waals surface area contributed by atoms with Crippen LogP contribution in [-0.4, -0.2) is 6.61 Å². The van der Waals surface area contributed by atoms with E-state index in [4.69, 9.17) is 11.2 Å². The summed E-state index contributed by atoms with van der Waals surface area (Å²) in [6.45, 7) is 2.69. The van der Waals surface area contributed by atoms with Crippen molar-refractivity contribution in [1.29, 1.82) is 0 Å². The number of ether oxygens (including phenoxy) is 1. The van der Waals surface area contributed by atoms with E-state index in [1.807, 2.05) is 25.1 Å². The van der Waals surface area contributed by atoms with Crippen LogP contribution in [0.3, 0.4) is 0 Å². The molecule has 1 rings (SSSR count). The lowest BCUT2D eigenvalue weighted by atomic mass is 10.1. The summed E-state index contributed by atoms with van der Waals surface area (Å²) in [5.74, 6) is 3.55. The monoisotopic (exact) mass is 174 g/mol. The van der Waals surface area contributed by atoms with Gasteiger partial charge in [-0.15, -0.1) is 12.3 Å². The van der Waals surface area contributed by atoms with Crippen LogP contribution in [0.5, 0.6) is 5.75 Å². The van der Waals surface area contributed by atoms with E-state index in [0.29, 0.717) is 6.61 Å². The Morgan fingerprint density at radius 1 is 1.46 bits per heavy atom. The standard InChI is InChI=1S/C12H14O/c1-3-5-7-11-8-6-9-12(10-11)13-4-2/h1,6,8-10H,4-5,7H2,2H3. The Bertz CT molecular complexity index is 296. The first-order valence-corrected chi connectivity index (χ1v) is 4.52. The summed E-state index contributed by atoms with van der Waals surface area (Å²) in [6, 6.07) is 8.07. The van der Waals surface area contributed by atoms with Crippen LogP contribution >= 0.6 is 0 Å². The molecule has 0 aliphatic heterocycles. The molecule has 13 heavy (non-hydrogen) atoms. The number of hydrogen-bond donors (Lipinski definition) is 0. The van der Waals surface area contributed by atoms with Crippen LogP contribution in [-0.2, 0) is 6.42 Å². The molecule has 0 saturated carbocycles. The third-order valence-electron chi connectivity index (χ3n) is 1.77.